The van der Waals surface area contributed by atoms with E-state index in [2.05, 4.69) is 16.9 Å². The molecule has 0 aromatic heterocycles. The van der Waals surface area contributed by atoms with Gasteiger partial charge >= 0.3 is 0 Å². The Bertz CT molecular complexity index is 558. The predicted octanol–water partition coefficient (Wildman–Crippen LogP) is 1.73. The highest BCUT2D eigenvalue weighted by molar-refractivity contribution is 6.02. The van der Waals surface area contributed by atoms with Crippen LogP contribution in [0.1, 0.15) is 25.8 Å². The highest BCUT2D eigenvalue weighted by Crippen LogP contribution is 2.16. The number of rotatable bonds is 3. The van der Waals surface area contributed by atoms with Gasteiger partial charge in [0.2, 0.25) is 0 Å². The summed E-state index contributed by atoms with van der Waals surface area (Å²) >= 11 is 0. The van der Waals surface area contributed by atoms with Crippen molar-refractivity contribution >= 4 is 11.6 Å². The van der Waals surface area contributed by atoms with Crippen LogP contribution in [0.3, 0.4) is 0 Å². The standard InChI is InChI=1S/C17H23N3O2/c1-13-12-22-14(2)10-19(13)11-17(21)20-9-8-16(18-20)15-6-4-3-5-7-15/h3-7,13-14H,8-12H2,1-2H3/t13-,14-/m1/s1. The van der Waals surface area contributed by atoms with Gasteiger partial charge in [0.05, 0.1) is 31.5 Å². The first-order valence-corrected chi connectivity index (χ1v) is 7.92. The molecule has 0 unspecified atom stereocenters. The van der Waals surface area contributed by atoms with Crippen molar-refractivity contribution in [1.29, 1.82) is 0 Å². The van der Waals surface area contributed by atoms with E-state index in [1.165, 1.54) is 0 Å². The van der Waals surface area contributed by atoms with Crippen LogP contribution in [0.25, 0.3) is 0 Å². The molecule has 5 heteroatoms. The van der Waals surface area contributed by atoms with E-state index in [0.717, 1.165) is 24.2 Å². The molecule has 1 amide bonds. The van der Waals surface area contributed by atoms with Gasteiger partial charge in [-0.15, -0.1) is 0 Å². The Morgan fingerprint density at radius 1 is 1.32 bits per heavy atom. The smallest absolute Gasteiger partial charge is 0.256 e. The molecule has 0 N–H and O–H groups in total. The number of carbonyl (C=O) groups is 1. The topological polar surface area (TPSA) is 45.1 Å². The van der Waals surface area contributed by atoms with E-state index in [0.29, 0.717) is 19.7 Å². The normalized spacial score (nSPS) is 26.1. The third-order valence-corrected chi connectivity index (χ3v) is 4.27. The van der Waals surface area contributed by atoms with Gasteiger partial charge < -0.3 is 4.74 Å². The van der Waals surface area contributed by atoms with Gasteiger partial charge in [0.25, 0.3) is 5.91 Å². The molecular formula is C17H23N3O2. The van der Waals surface area contributed by atoms with Crippen molar-refractivity contribution in [2.24, 2.45) is 5.10 Å². The maximum atomic E-state index is 12.5. The van der Waals surface area contributed by atoms with Gasteiger partial charge in [-0.1, -0.05) is 30.3 Å². The number of hydrazone groups is 1. The Hall–Kier alpha value is -1.72. The maximum absolute atomic E-state index is 12.5. The highest BCUT2D eigenvalue weighted by atomic mass is 16.5. The molecule has 1 aromatic carbocycles. The summed E-state index contributed by atoms with van der Waals surface area (Å²) in [4.78, 5) is 14.7. The average molecular weight is 301 g/mol. The van der Waals surface area contributed by atoms with Gasteiger partial charge in [-0.25, -0.2) is 5.01 Å². The van der Waals surface area contributed by atoms with E-state index >= 15 is 0 Å². The minimum Gasteiger partial charge on any atom is -0.376 e. The molecule has 1 saturated heterocycles. The van der Waals surface area contributed by atoms with Crippen molar-refractivity contribution < 1.29 is 9.53 Å². The number of amides is 1. The molecule has 1 fully saturated rings. The fraction of sp³-hybridized carbons (Fsp3) is 0.529. The van der Waals surface area contributed by atoms with Crippen LogP contribution in [0.5, 0.6) is 0 Å². The van der Waals surface area contributed by atoms with E-state index in [-0.39, 0.29) is 18.1 Å². The van der Waals surface area contributed by atoms with Crippen molar-refractivity contribution in [3.63, 3.8) is 0 Å². The summed E-state index contributed by atoms with van der Waals surface area (Å²) in [6.07, 6.45) is 1.01. The van der Waals surface area contributed by atoms with Crippen LogP contribution in [-0.4, -0.2) is 59.9 Å². The van der Waals surface area contributed by atoms with Crippen LogP contribution in [0.2, 0.25) is 0 Å². The number of ether oxygens (including phenoxy) is 1. The number of carbonyl (C=O) groups excluding carboxylic acids is 1. The Labute approximate surface area is 131 Å². The van der Waals surface area contributed by atoms with E-state index in [1.54, 1.807) is 5.01 Å². The minimum absolute atomic E-state index is 0.0758. The lowest BCUT2D eigenvalue weighted by molar-refractivity contribution is -0.135. The lowest BCUT2D eigenvalue weighted by Crippen LogP contribution is -2.50. The summed E-state index contributed by atoms with van der Waals surface area (Å²) in [5.41, 5.74) is 2.10. The summed E-state index contributed by atoms with van der Waals surface area (Å²) in [6, 6.07) is 10.3. The molecule has 118 valence electrons. The van der Waals surface area contributed by atoms with Gasteiger partial charge in [0.1, 0.15) is 0 Å². The Kier molecular flexibility index (Phi) is 4.55. The first kappa shape index (κ1) is 15.2. The van der Waals surface area contributed by atoms with E-state index in [4.69, 9.17) is 4.74 Å². The molecule has 5 nitrogen and oxygen atoms in total. The lowest BCUT2D eigenvalue weighted by atomic mass is 10.1. The van der Waals surface area contributed by atoms with Crippen LogP contribution in [0.15, 0.2) is 35.4 Å². The zero-order valence-corrected chi connectivity index (χ0v) is 13.2. The van der Waals surface area contributed by atoms with Gasteiger partial charge in [0.15, 0.2) is 0 Å². The third kappa shape index (κ3) is 3.36. The van der Waals surface area contributed by atoms with Crippen molar-refractivity contribution in [2.45, 2.75) is 32.4 Å². The second-order valence-electron chi connectivity index (χ2n) is 6.10. The largest absolute Gasteiger partial charge is 0.376 e. The molecule has 2 aliphatic rings. The molecule has 0 radical (unpaired) electrons. The minimum atomic E-state index is 0.0758. The SMILES string of the molecule is C[C@@H]1CN(CC(=O)N2CCC(c3ccccc3)=N2)[C@H](C)CO1. The van der Waals surface area contributed by atoms with Gasteiger partial charge in [-0.05, 0) is 19.4 Å². The molecular weight excluding hydrogens is 278 g/mol. The van der Waals surface area contributed by atoms with E-state index in [1.807, 2.05) is 37.3 Å². The molecule has 2 aliphatic heterocycles. The second-order valence-corrected chi connectivity index (χ2v) is 6.10. The summed E-state index contributed by atoms with van der Waals surface area (Å²) in [5, 5.41) is 6.13. The molecule has 22 heavy (non-hydrogen) atoms. The molecule has 1 aromatic rings. The average Bonchev–Trinajstić information content (AvgIpc) is 3.02. The highest BCUT2D eigenvalue weighted by Gasteiger charge is 2.28. The molecule has 0 bridgehead atoms. The Balaban J connectivity index is 1.62. The monoisotopic (exact) mass is 301 g/mol. The first-order chi connectivity index (χ1) is 10.6. The second kappa shape index (κ2) is 6.58. The van der Waals surface area contributed by atoms with E-state index < -0.39 is 0 Å². The molecule has 0 aliphatic carbocycles. The number of benzene rings is 1. The number of hydrogen-bond donors (Lipinski definition) is 0. The van der Waals surface area contributed by atoms with Crippen LogP contribution < -0.4 is 0 Å². The van der Waals surface area contributed by atoms with E-state index in [9.17, 15) is 4.79 Å². The Morgan fingerprint density at radius 2 is 2.09 bits per heavy atom. The van der Waals surface area contributed by atoms with Crippen molar-refractivity contribution in [2.75, 3.05) is 26.2 Å². The number of morpholine rings is 1. The van der Waals surface area contributed by atoms with Crippen LogP contribution in [-0.2, 0) is 9.53 Å². The molecule has 2 atom stereocenters. The fourth-order valence-corrected chi connectivity index (χ4v) is 2.92. The number of nitrogens with zero attached hydrogens (tertiary/aromatic N) is 3. The van der Waals surface area contributed by atoms with Crippen molar-refractivity contribution in [3.05, 3.63) is 35.9 Å². The zero-order chi connectivity index (χ0) is 15.5. The van der Waals surface area contributed by atoms with Crippen LogP contribution in [0.4, 0.5) is 0 Å². The summed E-state index contributed by atoms with van der Waals surface area (Å²) < 4.78 is 5.61. The predicted molar refractivity (Wildman–Crippen MR) is 85.8 cm³/mol. The Morgan fingerprint density at radius 3 is 2.86 bits per heavy atom. The van der Waals surface area contributed by atoms with Gasteiger partial charge in [-0.2, -0.15) is 5.10 Å². The third-order valence-electron chi connectivity index (χ3n) is 4.27. The van der Waals surface area contributed by atoms with Gasteiger partial charge in [-0.3, -0.25) is 9.69 Å². The van der Waals surface area contributed by atoms with Crippen molar-refractivity contribution in [1.82, 2.24) is 9.91 Å². The summed E-state index contributed by atoms with van der Waals surface area (Å²) in [7, 11) is 0. The van der Waals surface area contributed by atoms with Gasteiger partial charge in [0, 0.05) is 19.0 Å². The fourth-order valence-electron chi connectivity index (χ4n) is 2.92. The lowest BCUT2D eigenvalue weighted by Gasteiger charge is -2.36. The quantitative estimate of drug-likeness (QED) is 0.854. The number of hydrogen-bond acceptors (Lipinski definition) is 4. The first-order valence-electron chi connectivity index (χ1n) is 7.92. The van der Waals surface area contributed by atoms with Crippen molar-refractivity contribution in [3.8, 4) is 0 Å². The summed E-state index contributed by atoms with van der Waals surface area (Å²) in [5.74, 6) is 0.0758. The molecule has 0 saturated carbocycles. The zero-order valence-electron chi connectivity index (χ0n) is 13.2. The molecule has 3 rings (SSSR count). The summed E-state index contributed by atoms with van der Waals surface area (Å²) in [6.45, 7) is 6.73. The maximum Gasteiger partial charge on any atom is 0.256 e. The molecule has 2 heterocycles. The van der Waals surface area contributed by atoms with Crippen LogP contribution in [0, 0.1) is 0 Å². The molecule has 0 spiro atoms. The van der Waals surface area contributed by atoms with Crippen LogP contribution >= 0.6 is 0 Å².